The van der Waals surface area contributed by atoms with E-state index < -0.39 is 6.09 Å². The number of nitrogens with one attached hydrogen (secondary N) is 1. The Bertz CT molecular complexity index is 878. The summed E-state index contributed by atoms with van der Waals surface area (Å²) in [5, 5.41) is 2.78. The summed E-state index contributed by atoms with van der Waals surface area (Å²) in [5.41, 5.74) is 2.10. The Labute approximate surface area is 177 Å². The highest BCUT2D eigenvalue weighted by molar-refractivity contribution is 6.02. The van der Waals surface area contributed by atoms with Gasteiger partial charge in [0.25, 0.3) is 0 Å². The van der Waals surface area contributed by atoms with Crippen LogP contribution < -0.4 is 19.7 Å². The molecule has 0 saturated heterocycles. The van der Waals surface area contributed by atoms with Gasteiger partial charge in [0.2, 0.25) is 5.91 Å². The van der Waals surface area contributed by atoms with E-state index in [0.717, 1.165) is 12.0 Å². The van der Waals surface area contributed by atoms with Crippen LogP contribution in [0.4, 0.5) is 16.2 Å². The summed E-state index contributed by atoms with van der Waals surface area (Å²) in [6, 6.07) is 12.4. The Morgan fingerprint density at radius 1 is 1.03 bits per heavy atom. The van der Waals surface area contributed by atoms with Crippen molar-refractivity contribution in [3.8, 4) is 11.5 Å². The number of nitrogens with zero attached hydrogens (tertiary/aromatic N) is 1. The van der Waals surface area contributed by atoms with Crippen molar-refractivity contribution in [2.75, 3.05) is 37.6 Å². The first-order valence-corrected chi connectivity index (χ1v) is 9.78. The van der Waals surface area contributed by atoms with Gasteiger partial charge in [0, 0.05) is 24.5 Å². The van der Waals surface area contributed by atoms with E-state index in [1.165, 1.54) is 18.1 Å². The summed E-state index contributed by atoms with van der Waals surface area (Å²) < 4.78 is 16.0. The Morgan fingerprint density at radius 2 is 1.77 bits per heavy atom. The van der Waals surface area contributed by atoms with Crippen molar-refractivity contribution in [2.45, 2.75) is 20.3 Å². The fourth-order valence-corrected chi connectivity index (χ4v) is 2.59. The number of benzene rings is 2. The highest BCUT2D eigenvalue weighted by atomic mass is 16.5. The van der Waals surface area contributed by atoms with E-state index in [4.69, 9.17) is 9.47 Å². The fourth-order valence-electron chi connectivity index (χ4n) is 2.59. The summed E-state index contributed by atoms with van der Waals surface area (Å²) in [4.78, 5) is 25.2. The number of hydrogen-bond donors (Lipinski definition) is 1. The lowest BCUT2D eigenvalue weighted by atomic mass is 10.2. The average Bonchev–Trinajstić information content (AvgIpc) is 2.76. The molecule has 0 unspecified atom stereocenters. The van der Waals surface area contributed by atoms with Crippen LogP contribution in [0.5, 0.6) is 11.5 Å². The van der Waals surface area contributed by atoms with Gasteiger partial charge in [-0.25, -0.2) is 4.79 Å². The number of rotatable bonds is 9. The molecule has 2 amide bonds. The lowest BCUT2D eigenvalue weighted by molar-refractivity contribution is -0.111. The molecule has 2 rings (SSSR count). The lowest BCUT2D eigenvalue weighted by Crippen LogP contribution is -2.25. The number of carbonyl (C=O) groups excluding carboxylic acids is 2. The van der Waals surface area contributed by atoms with Crippen LogP contribution >= 0.6 is 0 Å². The number of ether oxygens (including phenoxy) is 3. The van der Waals surface area contributed by atoms with Gasteiger partial charge in [0.1, 0.15) is 0 Å². The van der Waals surface area contributed by atoms with Crippen molar-refractivity contribution in [3.05, 3.63) is 54.1 Å². The van der Waals surface area contributed by atoms with E-state index in [1.54, 1.807) is 37.4 Å². The largest absolute Gasteiger partial charge is 0.490 e. The molecule has 0 aliphatic heterocycles. The molecule has 0 saturated carbocycles. The van der Waals surface area contributed by atoms with Gasteiger partial charge in [0.15, 0.2) is 11.5 Å². The predicted molar refractivity (Wildman–Crippen MR) is 118 cm³/mol. The number of methoxy groups -OCH3 is 1. The van der Waals surface area contributed by atoms with E-state index in [9.17, 15) is 9.59 Å². The van der Waals surface area contributed by atoms with Crippen molar-refractivity contribution in [2.24, 2.45) is 0 Å². The van der Waals surface area contributed by atoms with Crippen LogP contribution in [0.3, 0.4) is 0 Å². The van der Waals surface area contributed by atoms with E-state index in [2.05, 4.69) is 10.1 Å². The Morgan fingerprint density at radius 3 is 2.40 bits per heavy atom. The van der Waals surface area contributed by atoms with Gasteiger partial charge in [0.05, 0.1) is 20.3 Å². The molecule has 0 bridgehead atoms. The molecule has 1 N–H and O–H groups in total. The second kappa shape index (κ2) is 11.5. The Kier molecular flexibility index (Phi) is 8.75. The SMILES string of the molecule is CCCOc1ccc(/C=C/C(=O)Nc2ccc(N(C)C(=O)OC)cc2)cc1OCC. The van der Waals surface area contributed by atoms with Gasteiger partial charge < -0.3 is 19.5 Å². The summed E-state index contributed by atoms with van der Waals surface area (Å²) >= 11 is 0. The molecule has 0 radical (unpaired) electrons. The molecule has 0 spiro atoms. The topological polar surface area (TPSA) is 77.1 Å². The lowest BCUT2D eigenvalue weighted by Gasteiger charge is -2.15. The molecule has 7 nitrogen and oxygen atoms in total. The first-order valence-electron chi connectivity index (χ1n) is 9.78. The van der Waals surface area contributed by atoms with Crippen LogP contribution in [-0.2, 0) is 9.53 Å². The summed E-state index contributed by atoms with van der Waals surface area (Å²) in [6.07, 6.45) is 3.60. The summed E-state index contributed by atoms with van der Waals surface area (Å²) in [5.74, 6) is 1.07. The molecular weight excluding hydrogens is 384 g/mol. The second-order valence-electron chi connectivity index (χ2n) is 6.39. The van der Waals surface area contributed by atoms with Gasteiger partial charge in [-0.2, -0.15) is 0 Å². The van der Waals surface area contributed by atoms with Crippen molar-refractivity contribution in [1.82, 2.24) is 0 Å². The third kappa shape index (κ3) is 6.55. The van der Waals surface area contributed by atoms with Crippen LogP contribution in [0.15, 0.2) is 48.5 Å². The van der Waals surface area contributed by atoms with E-state index in [0.29, 0.717) is 36.1 Å². The standard InChI is InChI=1S/C23H28N2O5/c1-5-15-30-20-13-7-17(16-21(20)29-6-2)8-14-22(26)24-18-9-11-19(12-10-18)25(3)23(27)28-4/h7-14,16H,5-6,15H2,1-4H3,(H,24,26)/b14-8+. The highest BCUT2D eigenvalue weighted by Crippen LogP contribution is 2.29. The minimum atomic E-state index is -0.466. The maximum Gasteiger partial charge on any atom is 0.413 e. The highest BCUT2D eigenvalue weighted by Gasteiger charge is 2.10. The van der Waals surface area contributed by atoms with Crippen LogP contribution in [0.1, 0.15) is 25.8 Å². The maximum atomic E-state index is 12.2. The average molecular weight is 412 g/mol. The zero-order chi connectivity index (χ0) is 21.9. The minimum absolute atomic E-state index is 0.270. The Hall–Kier alpha value is -3.48. The quantitative estimate of drug-likeness (QED) is 0.603. The smallest absolute Gasteiger partial charge is 0.413 e. The normalized spacial score (nSPS) is 10.5. The number of amides is 2. The van der Waals surface area contributed by atoms with E-state index in [1.807, 2.05) is 32.0 Å². The van der Waals surface area contributed by atoms with Gasteiger partial charge in [-0.1, -0.05) is 13.0 Å². The molecule has 30 heavy (non-hydrogen) atoms. The molecule has 0 aliphatic rings. The molecule has 0 aromatic heterocycles. The van der Waals surface area contributed by atoms with Gasteiger partial charge >= 0.3 is 6.09 Å². The third-order valence-corrected chi connectivity index (χ3v) is 4.13. The molecule has 0 heterocycles. The van der Waals surface area contributed by atoms with Crippen molar-refractivity contribution in [3.63, 3.8) is 0 Å². The van der Waals surface area contributed by atoms with Crippen LogP contribution in [-0.4, -0.2) is 39.4 Å². The zero-order valence-corrected chi connectivity index (χ0v) is 17.8. The predicted octanol–water partition coefficient (Wildman–Crippen LogP) is 4.73. The van der Waals surface area contributed by atoms with Gasteiger partial charge in [-0.05, 0) is 61.4 Å². The molecule has 0 atom stereocenters. The van der Waals surface area contributed by atoms with Crippen molar-refractivity contribution < 1.29 is 23.8 Å². The zero-order valence-electron chi connectivity index (χ0n) is 17.8. The van der Waals surface area contributed by atoms with Crippen molar-refractivity contribution >= 4 is 29.5 Å². The first-order chi connectivity index (χ1) is 14.5. The summed E-state index contributed by atoms with van der Waals surface area (Å²) in [7, 11) is 2.93. The summed E-state index contributed by atoms with van der Waals surface area (Å²) in [6.45, 7) is 5.10. The number of anilines is 2. The number of carbonyl (C=O) groups is 2. The molecule has 2 aromatic rings. The Balaban J connectivity index is 2.01. The molecule has 160 valence electrons. The molecular formula is C23H28N2O5. The van der Waals surface area contributed by atoms with Crippen LogP contribution in [0, 0.1) is 0 Å². The van der Waals surface area contributed by atoms with Crippen molar-refractivity contribution in [1.29, 1.82) is 0 Å². The minimum Gasteiger partial charge on any atom is -0.490 e. The van der Waals surface area contributed by atoms with Crippen LogP contribution in [0.25, 0.3) is 6.08 Å². The fraction of sp³-hybridized carbons (Fsp3) is 0.304. The van der Waals surface area contributed by atoms with Gasteiger partial charge in [-0.3, -0.25) is 9.69 Å². The third-order valence-electron chi connectivity index (χ3n) is 4.13. The van der Waals surface area contributed by atoms with E-state index >= 15 is 0 Å². The van der Waals surface area contributed by atoms with Gasteiger partial charge in [-0.15, -0.1) is 0 Å². The maximum absolute atomic E-state index is 12.2. The number of hydrogen-bond acceptors (Lipinski definition) is 5. The molecule has 0 fully saturated rings. The second-order valence-corrected chi connectivity index (χ2v) is 6.39. The molecule has 0 aliphatic carbocycles. The first kappa shape index (κ1) is 22.8. The van der Waals surface area contributed by atoms with E-state index in [-0.39, 0.29) is 5.91 Å². The van der Waals surface area contributed by atoms with Crippen LogP contribution in [0.2, 0.25) is 0 Å². The molecule has 7 heteroatoms. The monoisotopic (exact) mass is 412 g/mol. The molecule has 2 aromatic carbocycles.